The number of rotatable bonds is 2. The Morgan fingerprint density at radius 1 is 1.25 bits per heavy atom. The van der Waals surface area contributed by atoms with Gasteiger partial charge in [0.25, 0.3) is 0 Å². The molecule has 3 heterocycles. The Morgan fingerprint density at radius 3 is 2.83 bits per heavy atom. The molecule has 1 aliphatic heterocycles. The van der Waals surface area contributed by atoms with Gasteiger partial charge in [-0.2, -0.15) is 5.10 Å². The summed E-state index contributed by atoms with van der Waals surface area (Å²) < 4.78 is 17.3. The zero-order valence-corrected chi connectivity index (χ0v) is 13.5. The second kappa shape index (κ2) is 5.23. The number of carbonyl (C=O) groups is 1. The number of benzene rings is 1. The van der Waals surface area contributed by atoms with E-state index in [-0.39, 0.29) is 6.79 Å². The van der Waals surface area contributed by atoms with Gasteiger partial charge in [-0.25, -0.2) is 9.78 Å². The molecule has 2 aromatic heterocycles. The molecule has 3 aromatic rings. The van der Waals surface area contributed by atoms with E-state index in [0.717, 1.165) is 11.3 Å². The van der Waals surface area contributed by atoms with Crippen molar-refractivity contribution in [2.24, 2.45) is 7.05 Å². The molecule has 1 aliphatic rings. The predicted octanol–water partition coefficient (Wildman–Crippen LogP) is 2.46. The minimum Gasteiger partial charge on any atom is -0.465 e. The summed E-state index contributed by atoms with van der Waals surface area (Å²) in [5.74, 6) is 0.945. The van der Waals surface area contributed by atoms with Gasteiger partial charge in [0, 0.05) is 12.6 Å². The molecule has 0 aliphatic carbocycles. The van der Waals surface area contributed by atoms with Crippen LogP contribution in [0.1, 0.15) is 16.1 Å². The summed E-state index contributed by atoms with van der Waals surface area (Å²) in [6, 6.07) is 7.28. The molecule has 0 fully saturated rings. The zero-order valence-electron chi connectivity index (χ0n) is 13.5. The van der Waals surface area contributed by atoms with Gasteiger partial charge in [0.15, 0.2) is 17.1 Å². The maximum absolute atomic E-state index is 12.2. The topological polar surface area (TPSA) is 75.5 Å². The Labute approximate surface area is 137 Å². The van der Waals surface area contributed by atoms with Crippen LogP contribution in [0.2, 0.25) is 0 Å². The highest BCUT2D eigenvalue weighted by atomic mass is 16.7. The van der Waals surface area contributed by atoms with Crippen molar-refractivity contribution >= 4 is 17.0 Å². The van der Waals surface area contributed by atoms with Crippen LogP contribution >= 0.6 is 0 Å². The van der Waals surface area contributed by atoms with E-state index in [1.807, 2.05) is 25.1 Å². The SMILES string of the molecule is COC(=O)c1cc(-c2ccc3c(c2)OCO3)nc2c1c(C)nn2C. The van der Waals surface area contributed by atoms with Crippen molar-refractivity contribution in [2.75, 3.05) is 13.9 Å². The van der Waals surface area contributed by atoms with E-state index in [0.29, 0.717) is 33.8 Å². The maximum atomic E-state index is 12.2. The molecule has 122 valence electrons. The molecule has 7 heteroatoms. The van der Waals surface area contributed by atoms with Crippen molar-refractivity contribution in [1.29, 1.82) is 0 Å². The first-order valence-corrected chi connectivity index (χ1v) is 7.41. The van der Waals surface area contributed by atoms with E-state index < -0.39 is 5.97 Å². The number of hydrogen-bond acceptors (Lipinski definition) is 6. The van der Waals surface area contributed by atoms with Crippen molar-refractivity contribution in [2.45, 2.75) is 6.92 Å². The van der Waals surface area contributed by atoms with Crippen LogP contribution < -0.4 is 9.47 Å². The average Bonchev–Trinajstić information content (AvgIpc) is 3.17. The summed E-state index contributed by atoms with van der Waals surface area (Å²) >= 11 is 0. The molecule has 0 spiro atoms. The molecular weight excluding hydrogens is 310 g/mol. The Kier molecular flexibility index (Phi) is 3.16. The van der Waals surface area contributed by atoms with Crippen molar-refractivity contribution < 1.29 is 19.0 Å². The van der Waals surface area contributed by atoms with Crippen LogP contribution in [0.4, 0.5) is 0 Å². The first kappa shape index (κ1) is 14.5. The summed E-state index contributed by atoms with van der Waals surface area (Å²) in [7, 11) is 3.16. The third-order valence-corrected chi connectivity index (χ3v) is 4.04. The van der Waals surface area contributed by atoms with Gasteiger partial charge < -0.3 is 14.2 Å². The Bertz CT molecular complexity index is 978. The maximum Gasteiger partial charge on any atom is 0.338 e. The Morgan fingerprint density at radius 2 is 2.04 bits per heavy atom. The molecule has 0 saturated heterocycles. The fourth-order valence-corrected chi connectivity index (χ4v) is 2.92. The third-order valence-electron chi connectivity index (χ3n) is 4.04. The second-order valence-electron chi connectivity index (χ2n) is 5.52. The summed E-state index contributed by atoms with van der Waals surface area (Å²) in [5, 5.41) is 5.06. The van der Waals surface area contributed by atoms with Crippen molar-refractivity contribution in [1.82, 2.24) is 14.8 Å². The number of hydrogen-bond donors (Lipinski definition) is 0. The molecule has 0 unspecified atom stereocenters. The highest BCUT2D eigenvalue weighted by Crippen LogP contribution is 2.36. The molecule has 7 nitrogen and oxygen atoms in total. The number of ether oxygens (including phenoxy) is 3. The van der Waals surface area contributed by atoms with Gasteiger partial charge in [0.2, 0.25) is 6.79 Å². The van der Waals surface area contributed by atoms with Gasteiger partial charge in [-0.1, -0.05) is 0 Å². The van der Waals surface area contributed by atoms with E-state index in [9.17, 15) is 4.79 Å². The monoisotopic (exact) mass is 325 g/mol. The smallest absolute Gasteiger partial charge is 0.338 e. The predicted molar refractivity (Wildman–Crippen MR) is 86.1 cm³/mol. The molecule has 0 amide bonds. The van der Waals surface area contributed by atoms with Gasteiger partial charge in [0.1, 0.15) is 0 Å². The number of aromatic nitrogens is 3. The fraction of sp³-hybridized carbons (Fsp3) is 0.235. The van der Waals surface area contributed by atoms with E-state index in [4.69, 9.17) is 14.2 Å². The van der Waals surface area contributed by atoms with Crippen LogP contribution in [0.5, 0.6) is 11.5 Å². The number of fused-ring (bicyclic) bond motifs is 2. The minimum absolute atomic E-state index is 0.208. The minimum atomic E-state index is -0.416. The van der Waals surface area contributed by atoms with Crippen LogP contribution in [0.25, 0.3) is 22.3 Å². The van der Waals surface area contributed by atoms with Crippen LogP contribution in [0.3, 0.4) is 0 Å². The van der Waals surface area contributed by atoms with Crippen molar-refractivity contribution in [3.63, 3.8) is 0 Å². The summed E-state index contributed by atoms with van der Waals surface area (Å²) in [5.41, 5.74) is 3.27. The Balaban J connectivity index is 1.96. The number of esters is 1. The normalized spacial score (nSPS) is 12.6. The van der Waals surface area contributed by atoms with Gasteiger partial charge >= 0.3 is 5.97 Å². The lowest BCUT2D eigenvalue weighted by Gasteiger charge is -2.07. The molecule has 0 radical (unpaired) electrons. The second-order valence-corrected chi connectivity index (χ2v) is 5.52. The van der Waals surface area contributed by atoms with Crippen LogP contribution in [-0.2, 0) is 11.8 Å². The zero-order chi connectivity index (χ0) is 16.8. The molecule has 4 rings (SSSR count). The highest BCUT2D eigenvalue weighted by Gasteiger charge is 2.21. The van der Waals surface area contributed by atoms with Crippen molar-refractivity contribution in [3.05, 3.63) is 35.5 Å². The third kappa shape index (κ3) is 2.09. The average molecular weight is 325 g/mol. The summed E-state index contributed by atoms with van der Waals surface area (Å²) in [6.07, 6.45) is 0. The van der Waals surface area contributed by atoms with Crippen LogP contribution in [0, 0.1) is 6.92 Å². The number of pyridine rings is 1. The first-order valence-electron chi connectivity index (χ1n) is 7.41. The Hall–Kier alpha value is -3.09. The molecule has 0 bridgehead atoms. The summed E-state index contributed by atoms with van der Waals surface area (Å²) in [6.45, 7) is 2.05. The largest absolute Gasteiger partial charge is 0.465 e. The van der Waals surface area contributed by atoms with Crippen LogP contribution in [-0.4, -0.2) is 34.6 Å². The van der Waals surface area contributed by atoms with Crippen molar-refractivity contribution in [3.8, 4) is 22.8 Å². The van der Waals surface area contributed by atoms with E-state index in [1.165, 1.54) is 7.11 Å². The van der Waals surface area contributed by atoms with Gasteiger partial charge in [0.05, 0.1) is 29.4 Å². The lowest BCUT2D eigenvalue weighted by Crippen LogP contribution is -2.04. The van der Waals surface area contributed by atoms with E-state index >= 15 is 0 Å². The number of aryl methyl sites for hydroxylation is 2. The standard InChI is InChI=1S/C17H15N3O4/c1-9-15-11(17(21)22-3)7-12(18-16(15)20(2)19-9)10-4-5-13-14(6-10)24-8-23-13/h4-7H,8H2,1-3H3. The fourth-order valence-electron chi connectivity index (χ4n) is 2.92. The van der Waals surface area contributed by atoms with Gasteiger partial charge in [-0.15, -0.1) is 0 Å². The quantitative estimate of drug-likeness (QED) is 0.674. The lowest BCUT2D eigenvalue weighted by molar-refractivity contribution is 0.0603. The van der Waals surface area contributed by atoms with Gasteiger partial charge in [-0.05, 0) is 31.2 Å². The highest BCUT2D eigenvalue weighted by molar-refractivity contribution is 6.04. The molecule has 0 saturated carbocycles. The lowest BCUT2D eigenvalue weighted by atomic mass is 10.1. The summed E-state index contributed by atoms with van der Waals surface area (Å²) in [4.78, 5) is 16.9. The molecule has 0 N–H and O–H groups in total. The number of nitrogens with zero attached hydrogens (tertiary/aromatic N) is 3. The van der Waals surface area contributed by atoms with E-state index in [2.05, 4.69) is 10.1 Å². The van der Waals surface area contributed by atoms with Crippen LogP contribution in [0.15, 0.2) is 24.3 Å². The first-order chi connectivity index (χ1) is 11.6. The molecule has 24 heavy (non-hydrogen) atoms. The van der Waals surface area contributed by atoms with E-state index in [1.54, 1.807) is 17.8 Å². The molecule has 1 aromatic carbocycles. The molecular formula is C17H15N3O4. The number of methoxy groups -OCH3 is 1. The molecule has 0 atom stereocenters. The van der Waals surface area contributed by atoms with Gasteiger partial charge in [-0.3, -0.25) is 4.68 Å². The number of carbonyl (C=O) groups excluding carboxylic acids is 1.